The molecule has 1 unspecified atom stereocenters. The maximum absolute atomic E-state index is 10.3. The highest BCUT2D eigenvalue weighted by atomic mass is 16.3. The summed E-state index contributed by atoms with van der Waals surface area (Å²) in [6.45, 7) is 1.85. The van der Waals surface area contributed by atoms with E-state index in [1.165, 1.54) is 12.8 Å². The first kappa shape index (κ1) is 9.02. The molecule has 0 heterocycles. The summed E-state index contributed by atoms with van der Waals surface area (Å²) in [5.41, 5.74) is -1.14. The highest BCUT2D eigenvalue weighted by Gasteiger charge is 2.53. The summed E-state index contributed by atoms with van der Waals surface area (Å²) in [6.07, 6.45) is 6.22. The molecule has 0 bridgehead atoms. The minimum Gasteiger partial charge on any atom is -0.389 e. The lowest BCUT2D eigenvalue weighted by Crippen LogP contribution is -2.49. The maximum Gasteiger partial charge on any atom is 0.0857 e. The molecule has 0 saturated heterocycles. The van der Waals surface area contributed by atoms with Gasteiger partial charge in [0.05, 0.1) is 17.1 Å². The summed E-state index contributed by atoms with van der Waals surface area (Å²) in [7, 11) is 0. The highest BCUT2D eigenvalue weighted by molar-refractivity contribution is 5.15. The molecule has 0 aromatic heterocycles. The lowest BCUT2D eigenvalue weighted by Gasteiger charge is -2.46. The first-order valence-corrected chi connectivity index (χ1v) is 5.23. The van der Waals surface area contributed by atoms with Crippen molar-refractivity contribution < 1.29 is 5.11 Å². The fourth-order valence-corrected chi connectivity index (χ4v) is 2.38. The monoisotopic (exact) mass is 179 g/mol. The number of nitriles is 1. The van der Waals surface area contributed by atoms with Crippen LogP contribution in [0.4, 0.5) is 0 Å². The third-order valence-electron chi connectivity index (χ3n) is 3.84. The molecule has 72 valence electrons. The second-order valence-electron chi connectivity index (χ2n) is 4.97. The molecule has 2 aliphatic rings. The van der Waals surface area contributed by atoms with Crippen LogP contribution >= 0.6 is 0 Å². The zero-order chi connectivity index (χ0) is 9.53. The van der Waals surface area contributed by atoms with Crippen LogP contribution in [0.25, 0.3) is 0 Å². The van der Waals surface area contributed by atoms with Crippen LogP contribution in [0.5, 0.6) is 0 Å². The SMILES string of the molecule is CC(O)(CC1CC1)C1(C#N)CCC1. The van der Waals surface area contributed by atoms with Gasteiger partial charge in [-0.2, -0.15) is 5.26 Å². The molecule has 0 amide bonds. The van der Waals surface area contributed by atoms with Crippen LogP contribution in [0.15, 0.2) is 0 Å². The predicted molar refractivity (Wildman–Crippen MR) is 49.9 cm³/mol. The van der Waals surface area contributed by atoms with Crippen LogP contribution < -0.4 is 0 Å². The van der Waals surface area contributed by atoms with E-state index in [0.29, 0.717) is 5.92 Å². The van der Waals surface area contributed by atoms with Gasteiger partial charge in [0.2, 0.25) is 0 Å². The third kappa shape index (κ3) is 1.36. The molecule has 13 heavy (non-hydrogen) atoms. The van der Waals surface area contributed by atoms with Gasteiger partial charge in [0.25, 0.3) is 0 Å². The van der Waals surface area contributed by atoms with Gasteiger partial charge in [-0.15, -0.1) is 0 Å². The van der Waals surface area contributed by atoms with Gasteiger partial charge in [-0.3, -0.25) is 0 Å². The summed E-state index contributed by atoms with van der Waals surface area (Å²) in [4.78, 5) is 0. The van der Waals surface area contributed by atoms with E-state index < -0.39 is 11.0 Å². The molecule has 2 heteroatoms. The Bertz CT molecular complexity index is 243. The van der Waals surface area contributed by atoms with Crippen LogP contribution in [0.3, 0.4) is 0 Å². The van der Waals surface area contributed by atoms with Crippen LogP contribution in [0.1, 0.15) is 45.4 Å². The third-order valence-corrected chi connectivity index (χ3v) is 3.84. The van der Waals surface area contributed by atoms with Gasteiger partial charge >= 0.3 is 0 Å². The topological polar surface area (TPSA) is 44.0 Å². The van der Waals surface area contributed by atoms with Crippen LogP contribution in [-0.4, -0.2) is 10.7 Å². The second-order valence-corrected chi connectivity index (χ2v) is 4.97. The molecule has 2 saturated carbocycles. The summed E-state index contributed by atoms with van der Waals surface area (Å²) >= 11 is 0. The summed E-state index contributed by atoms with van der Waals surface area (Å²) < 4.78 is 0. The zero-order valence-electron chi connectivity index (χ0n) is 8.21. The van der Waals surface area contributed by atoms with E-state index in [-0.39, 0.29) is 0 Å². The Morgan fingerprint density at radius 3 is 2.46 bits per heavy atom. The molecule has 0 spiro atoms. The number of rotatable bonds is 3. The number of hydrogen-bond acceptors (Lipinski definition) is 2. The lowest BCUT2D eigenvalue weighted by atomic mass is 9.59. The average Bonchev–Trinajstić information content (AvgIpc) is 2.68. The van der Waals surface area contributed by atoms with Crippen molar-refractivity contribution in [1.29, 1.82) is 5.26 Å². The van der Waals surface area contributed by atoms with Crippen LogP contribution in [-0.2, 0) is 0 Å². The average molecular weight is 179 g/mol. The lowest BCUT2D eigenvalue weighted by molar-refractivity contribution is -0.0885. The minimum atomic E-state index is -0.735. The Labute approximate surface area is 79.6 Å². The van der Waals surface area contributed by atoms with E-state index in [1.54, 1.807) is 0 Å². The van der Waals surface area contributed by atoms with Crippen molar-refractivity contribution in [2.45, 2.75) is 51.0 Å². The second kappa shape index (κ2) is 2.72. The smallest absolute Gasteiger partial charge is 0.0857 e. The Hall–Kier alpha value is -0.550. The summed E-state index contributed by atoms with van der Waals surface area (Å²) in [6, 6.07) is 2.34. The van der Waals surface area contributed by atoms with Gasteiger partial charge in [-0.1, -0.05) is 19.3 Å². The number of aliphatic hydroxyl groups is 1. The van der Waals surface area contributed by atoms with Gasteiger partial charge in [-0.05, 0) is 32.1 Å². The highest BCUT2D eigenvalue weighted by Crippen LogP contribution is 2.53. The molecule has 0 aromatic rings. The van der Waals surface area contributed by atoms with Crippen LogP contribution in [0, 0.1) is 22.7 Å². The standard InChI is InChI=1S/C11H17NO/c1-10(13,7-9-3-4-9)11(8-12)5-2-6-11/h9,13H,2-7H2,1H3. The normalized spacial score (nSPS) is 29.9. The van der Waals surface area contributed by atoms with Crippen molar-refractivity contribution >= 4 is 0 Å². The van der Waals surface area contributed by atoms with Gasteiger partial charge in [0.15, 0.2) is 0 Å². The molecule has 0 aromatic carbocycles. The Balaban J connectivity index is 2.06. The molecular formula is C11H17NO. The molecule has 1 atom stereocenters. The molecule has 1 N–H and O–H groups in total. The van der Waals surface area contributed by atoms with Gasteiger partial charge in [-0.25, -0.2) is 0 Å². The largest absolute Gasteiger partial charge is 0.389 e. The molecule has 2 aliphatic carbocycles. The zero-order valence-corrected chi connectivity index (χ0v) is 8.21. The van der Waals surface area contributed by atoms with Gasteiger partial charge in [0.1, 0.15) is 0 Å². The fourth-order valence-electron chi connectivity index (χ4n) is 2.38. The molecule has 0 aliphatic heterocycles. The Kier molecular flexibility index (Phi) is 1.89. The fraction of sp³-hybridized carbons (Fsp3) is 0.909. The molecule has 2 nitrogen and oxygen atoms in total. The van der Waals surface area contributed by atoms with E-state index in [1.807, 2.05) is 6.92 Å². The number of hydrogen-bond donors (Lipinski definition) is 1. The first-order valence-electron chi connectivity index (χ1n) is 5.23. The molecular weight excluding hydrogens is 162 g/mol. The minimum absolute atomic E-state index is 0.407. The van der Waals surface area contributed by atoms with Crippen molar-refractivity contribution in [3.05, 3.63) is 0 Å². The summed E-state index contributed by atoms with van der Waals surface area (Å²) in [5.74, 6) is 0.695. The first-order chi connectivity index (χ1) is 6.10. The van der Waals surface area contributed by atoms with Crippen molar-refractivity contribution in [2.75, 3.05) is 0 Å². The molecule has 2 fully saturated rings. The molecule has 0 radical (unpaired) electrons. The number of nitrogens with zero attached hydrogens (tertiary/aromatic N) is 1. The Morgan fingerprint density at radius 2 is 2.15 bits per heavy atom. The van der Waals surface area contributed by atoms with E-state index in [0.717, 1.165) is 25.7 Å². The Morgan fingerprint density at radius 1 is 1.54 bits per heavy atom. The van der Waals surface area contributed by atoms with E-state index in [4.69, 9.17) is 5.26 Å². The van der Waals surface area contributed by atoms with Crippen LogP contribution in [0.2, 0.25) is 0 Å². The van der Waals surface area contributed by atoms with Crippen molar-refractivity contribution in [2.24, 2.45) is 11.3 Å². The van der Waals surface area contributed by atoms with Gasteiger partial charge in [0, 0.05) is 0 Å². The maximum atomic E-state index is 10.3. The van der Waals surface area contributed by atoms with E-state index in [9.17, 15) is 5.11 Å². The van der Waals surface area contributed by atoms with Crippen molar-refractivity contribution in [3.8, 4) is 6.07 Å². The van der Waals surface area contributed by atoms with E-state index >= 15 is 0 Å². The van der Waals surface area contributed by atoms with Crippen molar-refractivity contribution in [3.63, 3.8) is 0 Å². The van der Waals surface area contributed by atoms with Crippen molar-refractivity contribution in [1.82, 2.24) is 0 Å². The summed E-state index contributed by atoms with van der Waals surface area (Å²) in [5, 5.41) is 19.4. The van der Waals surface area contributed by atoms with Gasteiger partial charge < -0.3 is 5.11 Å². The predicted octanol–water partition coefficient (Wildman–Crippen LogP) is 2.23. The quantitative estimate of drug-likeness (QED) is 0.722. The van der Waals surface area contributed by atoms with E-state index in [2.05, 4.69) is 6.07 Å². The molecule has 2 rings (SSSR count).